The van der Waals surface area contributed by atoms with Gasteiger partial charge in [-0.15, -0.1) is 0 Å². The molecule has 0 unspecified atom stereocenters. The number of ether oxygens (including phenoxy) is 10. The highest BCUT2D eigenvalue weighted by Crippen LogP contribution is 2.38. The van der Waals surface area contributed by atoms with E-state index < -0.39 is 121 Å². The normalized spacial score (nSPS) is 25.7. The van der Waals surface area contributed by atoms with Crippen molar-refractivity contribution in [1.82, 2.24) is 0 Å². The van der Waals surface area contributed by atoms with Crippen LogP contribution in [0.15, 0.2) is 51.9 Å². The Labute approximate surface area is 353 Å². The molecule has 2 aliphatic heterocycles. The maximum absolute atomic E-state index is 13.6. The van der Waals surface area contributed by atoms with Crippen LogP contribution in [0.2, 0.25) is 0 Å². The molecule has 20 nitrogen and oxygen atoms in total. The number of phenols is 1. The van der Waals surface area contributed by atoms with Crippen LogP contribution < -0.4 is 14.9 Å². The summed E-state index contributed by atoms with van der Waals surface area (Å²) in [6.45, 7) is 8.91. The standard InChI is InChI=1S/C42H46O20/c1-18(43)13-29-37(57-22(5)46)33(17-53-41-40(60-25(8)49)39(59-24(7)48)36(19(2)54-41)56-21(4)45)62-42(38(29)58-23(6)47)61-28-14-31(50)34-32(15-28)52-16-30(35(34)51)26-9-11-27(12-10-26)55-20(3)44/h9-12,14-16,19,29,33,36-42,50H,13,17H2,1-8H3/t19-,29-,33+,36-,37-,38+,39+,40+,41+,42-/m0/s1. The van der Waals surface area contributed by atoms with Gasteiger partial charge >= 0.3 is 35.8 Å². The Balaban J connectivity index is 1.51. The van der Waals surface area contributed by atoms with Gasteiger partial charge in [-0.3, -0.25) is 33.6 Å². The first-order valence-electron chi connectivity index (χ1n) is 19.2. The molecule has 0 aliphatic carbocycles. The molecule has 5 rings (SSSR count). The summed E-state index contributed by atoms with van der Waals surface area (Å²) in [5.74, 6) is -6.61. The molecule has 2 fully saturated rings. The zero-order chi connectivity index (χ0) is 45.6. The molecule has 0 radical (unpaired) electrons. The number of aromatic hydroxyl groups is 1. The van der Waals surface area contributed by atoms with Crippen LogP contribution in [0.1, 0.15) is 61.8 Å². The highest BCUT2D eigenvalue weighted by Gasteiger charge is 2.54. The number of ketones is 1. The van der Waals surface area contributed by atoms with Gasteiger partial charge in [-0.1, -0.05) is 12.1 Å². The van der Waals surface area contributed by atoms with E-state index in [0.29, 0.717) is 5.56 Å². The molecule has 2 aromatic carbocycles. The smallest absolute Gasteiger partial charge is 0.308 e. The first-order valence-corrected chi connectivity index (χ1v) is 19.2. The van der Waals surface area contributed by atoms with Gasteiger partial charge in [0.2, 0.25) is 11.7 Å². The SMILES string of the molecule is CC(=O)C[C@@H]1[C@@H](OC(C)=O)[C@@H](Oc2cc(O)c3c(=O)c(-c4ccc(OC(C)=O)cc4)coc3c2)O[C@H](CO[C@@H]2O[C@@H](C)[C@H](OC(C)=O)[C@@H](OC(C)=O)[C@H]2OC(C)=O)[C@H]1OC(C)=O. The van der Waals surface area contributed by atoms with Crippen molar-refractivity contribution in [1.29, 1.82) is 0 Å². The Bertz CT molecular complexity index is 2250. The van der Waals surface area contributed by atoms with E-state index in [1.807, 2.05) is 0 Å². The highest BCUT2D eigenvalue weighted by atomic mass is 16.8. The number of hydrogen-bond donors (Lipinski definition) is 1. The number of phenolic OH excluding ortho intramolecular Hbond substituents is 1. The average molecular weight is 871 g/mol. The van der Waals surface area contributed by atoms with E-state index >= 15 is 0 Å². The average Bonchev–Trinajstić information content (AvgIpc) is 3.15. The molecule has 0 spiro atoms. The molecule has 0 bridgehead atoms. The molecule has 10 atom stereocenters. The van der Waals surface area contributed by atoms with Crippen molar-refractivity contribution in [3.8, 4) is 28.4 Å². The van der Waals surface area contributed by atoms with Crippen molar-refractivity contribution in [2.75, 3.05) is 6.61 Å². The van der Waals surface area contributed by atoms with Crippen molar-refractivity contribution >= 4 is 52.6 Å². The molecule has 3 heterocycles. The molecule has 1 N–H and O–H groups in total. The Morgan fingerprint density at radius 1 is 0.645 bits per heavy atom. The molecule has 2 aliphatic rings. The zero-order valence-electron chi connectivity index (χ0n) is 34.9. The van der Waals surface area contributed by atoms with Gasteiger partial charge in [0.15, 0.2) is 30.7 Å². The van der Waals surface area contributed by atoms with Crippen LogP contribution in [-0.4, -0.2) is 109 Å². The second kappa shape index (κ2) is 20.0. The van der Waals surface area contributed by atoms with Gasteiger partial charge in [-0.25, -0.2) is 0 Å². The number of esters is 6. The molecule has 2 saturated heterocycles. The summed E-state index contributed by atoms with van der Waals surface area (Å²) in [7, 11) is 0. The van der Waals surface area contributed by atoms with Gasteiger partial charge in [0.1, 0.15) is 52.5 Å². The van der Waals surface area contributed by atoms with Crippen LogP contribution in [0.4, 0.5) is 0 Å². The number of benzene rings is 2. The lowest BCUT2D eigenvalue weighted by Crippen LogP contribution is -2.63. The lowest BCUT2D eigenvalue weighted by molar-refractivity contribution is -0.319. The maximum Gasteiger partial charge on any atom is 0.308 e. The third-order valence-electron chi connectivity index (χ3n) is 9.48. The third-order valence-corrected chi connectivity index (χ3v) is 9.48. The monoisotopic (exact) mass is 870 g/mol. The van der Waals surface area contributed by atoms with E-state index in [2.05, 4.69) is 0 Å². The van der Waals surface area contributed by atoms with Crippen molar-refractivity contribution < 1.29 is 90.5 Å². The zero-order valence-corrected chi connectivity index (χ0v) is 34.9. The van der Waals surface area contributed by atoms with Crippen LogP contribution in [0.25, 0.3) is 22.1 Å². The second-order valence-corrected chi connectivity index (χ2v) is 14.6. The summed E-state index contributed by atoms with van der Waals surface area (Å²) in [6, 6.07) is 8.35. The van der Waals surface area contributed by atoms with Crippen molar-refractivity contribution in [3.05, 3.63) is 52.9 Å². The maximum atomic E-state index is 13.6. The number of carbonyl (C=O) groups is 7. The fourth-order valence-electron chi connectivity index (χ4n) is 7.25. The van der Waals surface area contributed by atoms with Crippen molar-refractivity contribution in [3.63, 3.8) is 0 Å². The lowest BCUT2D eigenvalue weighted by Gasteiger charge is -2.46. The number of carbonyl (C=O) groups excluding carboxylic acids is 7. The summed E-state index contributed by atoms with van der Waals surface area (Å²) in [6.07, 6.45) is -11.7. The molecule has 0 amide bonds. The number of fused-ring (bicyclic) bond motifs is 1. The number of Topliss-reactive ketones (excluding diaryl/α,β-unsaturated/α-hetero) is 1. The minimum atomic E-state index is -1.63. The first-order chi connectivity index (χ1) is 29.2. The highest BCUT2D eigenvalue weighted by molar-refractivity contribution is 5.88. The molecular weight excluding hydrogens is 824 g/mol. The summed E-state index contributed by atoms with van der Waals surface area (Å²) >= 11 is 0. The topological polar surface area (TPSA) is 262 Å². The molecule has 20 heteroatoms. The fourth-order valence-corrected chi connectivity index (χ4v) is 7.25. The van der Waals surface area contributed by atoms with Crippen LogP contribution in [0.5, 0.6) is 17.2 Å². The quantitative estimate of drug-likeness (QED) is 0.138. The van der Waals surface area contributed by atoms with Gasteiger partial charge in [0, 0.05) is 66.0 Å². The largest absolute Gasteiger partial charge is 0.507 e. The van der Waals surface area contributed by atoms with E-state index in [1.54, 1.807) is 0 Å². The summed E-state index contributed by atoms with van der Waals surface area (Å²) in [5, 5.41) is 11.0. The molecular formula is C42H46O20. The predicted octanol–water partition coefficient (Wildman–Crippen LogP) is 3.21. The van der Waals surface area contributed by atoms with Crippen LogP contribution in [-0.2, 0) is 71.5 Å². The Kier molecular flexibility index (Phi) is 15.1. The number of rotatable bonds is 14. The Hall–Kier alpha value is -6.38. The number of hydrogen-bond acceptors (Lipinski definition) is 20. The van der Waals surface area contributed by atoms with Gasteiger partial charge < -0.3 is 61.7 Å². The van der Waals surface area contributed by atoms with E-state index in [0.717, 1.165) is 46.9 Å². The summed E-state index contributed by atoms with van der Waals surface area (Å²) < 4.78 is 62.9. The minimum Gasteiger partial charge on any atom is -0.507 e. The Morgan fingerprint density at radius 3 is 1.79 bits per heavy atom. The van der Waals surface area contributed by atoms with Gasteiger partial charge in [-0.05, 0) is 31.5 Å². The van der Waals surface area contributed by atoms with Crippen LogP contribution in [0, 0.1) is 5.92 Å². The van der Waals surface area contributed by atoms with Crippen LogP contribution in [0.3, 0.4) is 0 Å². The fraction of sp³-hybridized carbons (Fsp3) is 0.476. The minimum absolute atomic E-state index is 0.0705. The molecule has 62 heavy (non-hydrogen) atoms. The molecule has 334 valence electrons. The molecule has 1 aromatic heterocycles. The van der Waals surface area contributed by atoms with E-state index in [4.69, 9.17) is 51.8 Å². The van der Waals surface area contributed by atoms with Crippen LogP contribution >= 0.6 is 0 Å². The molecule has 3 aromatic rings. The van der Waals surface area contributed by atoms with E-state index in [-0.39, 0.29) is 34.5 Å². The predicted molar refractivity (Wildman–Crippen MR) is 207 cm³/mol. The third kappa shape index (κ3) is 11.5. The van der Waals surface area contributed by atoms with Gasteiger partial charge in [0.25, 0.3) is 0 Å². The van der Waals surface area contributed by atoms with Gasteiger partial charge in [-0.2, -0.15) is 0 Å². The van der Waals surface area contributed by atoms with Crippen molar-refractivity contribution in [2.24, 2.45) is 5.92 Å². The summed E-state index contributed by atoms with van der Waals surface area (Å²) in [5.41, 5.74) is -0.285. The Morgan fingerprint density at radius 2 is 1.21 bits per heavy atom. The molecule has 0 saturated carbocycles. The second-order valence-electron chi connectivity index (χ2n) is 14.6. The van der Waals surface area contributed by atoms with Gasteiger partial charge in [0.05, 0.1) is 18.3 Å². The first kappa shape index (κ1) is 46.7. The van der Waals surface area contributed by atoms with Crippen molar-refractivity contribution in [2.45, 2.75) is 117 Å². The summed E-state index contributed by atoms with van der Waals surface area (Å²) in [4.78, 5) is 99.3. The van der Waals surface area contributed by atoms with E-state index in [9.17, 15) is 43.5 Å². The lowest BCUT2D eigenvalue weighted by atomic mass is 9.84. The van der Waals surface area contributed by atoms with E-state index in [1.165, 1.54) is 51.1 Å².